The SMILES string of the molecule is CCCCCCCCCOc1ccc(C=O)cc1N=O. The number of carbonyl (C=O) groups excluding carboxylic acids is 1. The van der Waals surface area contributed by atoms with Crippen molar-refractivity contribution < 1.29 is 9.53 Å². The average Bonchev–Trinajstić information content (AvgIpc) is 2.50. The molecule has 0 saturated heterocycles. The molecule has 0 aliphatic rings. The fourth-order valence-corrected chi connectivity index (χ4v) is 2.04. The standard InChI is InChI=1S/C16H23NO3/c1-2-3-4-5-6-7-8-11-20-16-10-9-14(13-18)12-15(16)17-19/h9-10,12-13H,2-8,11H2,1H3. The van der Waals surface area contributed by atoms with Crippen molar-refractivity contribution in [2.75, 3.05) is 6.61 Å². The smallest absolute Gasteiger partial charge is 0.150 e. The summed E-state index contributed by atoms with van der Waals surface area (Å²) in [5.74, 6) is 0.455. The van der Waals surface area contributed by atoms with Crippen LogP contribution in [0.15, 0.2) is 23.4 Å². The summed E-state index contributed by atoms with van der Waals surface area (Å²) < 4.78 is 5.55. The van der Waals surface area contributed by atoms with Crippen molar-refractivity contribution in [3.05, 3.63) is 28.7 Å². The predicted molar refractivity (Wildman–Crippen MR) is 80.8 cm³/mol. The van der Waals surface area contributed by atoms with Gasteiger partial charge in [-0.1, -0.05) is 45.4 Å². The van der Waals surface area contributed by atoms with Crippen molar-refractivity contribution >= 4 is 12.0 Å². The van der Waals surface area contributed by atoms with Gasteiger partial charge in [-0.15, -0.1) is 4.91 Å². The zero-order chi connectivity index (χ0) is 14.6. The summed E-state index contributed by atoms with van der Waals surface area (Å²) in [7, 11) is 0. The molecule has 0 bridgehead atoms. The van der Waals surface area contributed by atoms with Gasteiger partial charge in [-0.25, -0.2) is 0 Å². The van der Waals surface area contributed by atoms with Crippen LogP contribution in [0.2, 0.25) is 0 Å². The van der Waals surface area contributed by atoms with Gasteiger partial charge in [-0.05, 0) is 29.8 Å². The van der Waals surface area contributed by atoms with Crippen molar-refractivity contribution in [3.63, 3.8) is 0 Å². The van der Waals surface area contributed by atoms with Gasteiger partial charge in [0.25, 0.3) is 0 Å². The highest BCUT2D eigenvalue weighted by molar-refractivity contribution is 5.77. The highest BCUT2D eigenvalue weighted by Gasteiger charge is 2.05. The number of ether oxygens (including phenoxy) is 1. The van der Waals surface area contributed by atoms with Gasteiger partial charge in [-0.2, -0.15) is 0 Å². The highest BCUT2D eigenvalue weighted by Crippen LogP contribution is 2.28. The van der Waals surface area contributed by atoms with E-state index in [1.165, 1.54) is 38.2 Å². The van der Waals surface area contributed by atoms with Crippen molar-refractivity contribution in [1.29, 1.82) is 0 Å². The van der Waals surface area contributed by atoms with Gasteiger partial charge in [0.2, 0.25) is 0 Å². The van der Waals surface area contributed by atoms with Gasteiger partial charge in [-0.3, -0.25) is 4.79 Å². The molecule has 0 heterocycles. The minimum Gasteiger partial charge on any atom is -0.491 e. The molecule has 0 amide bonds. The van der Waals surface area contributed by atoms with Gasteiger partial charge >= 0.3 is 0 Å². The minimum atomic E-state index is 0.192. The van der Waals surface area contributed by atoms with Crippen LogP contribution in [0.25, 0.3) is 0 Å². The summed E-state index contributed by atoms with van der Waals surface area (Å²) >= 11 is 0. The van der Waals surface area contributed by atoms with E-state index >= 15 is 0 Å². The minimum absolute atomic E-state index is 0.192. The maximum absolute atomic E-state index is 10.7. The molecule has 0 spiro atoms. The number of carbonyl (C=O) groups is 1. The summed E-state index contributed by atoms with van der Waals surface area (Å²) in [6.07, 6.45) is 9.20. The van der Waals surface area contributed by atoms with Gasteiger partial charge in [0.1, 0.15) is 12.0 Å². The van der Waals surface area contributed by atoms with E-state index in [9.17, 15) is 9.70 Å². The van der Waals surface area contributed by atoms with Crippen LogP contribution in [0.4, 0.5) is 5.69 Å². The Kier molecular flexibility index (Phi) is 8.27. The molecule has 0 N–H and O–H groups in total. The normalized spacial score (nSPS) is 10.2. The van der Waals surface area contributed by atoms with Crippen LogP contribution in [-0.2, 0) is 0 Å². The Morgan fingerprint density at radius 3 is 2.45 bits per heavy atom. The van der Waals surface area contributed by atoms with Gasteiger partial charge in [0, 0.05) is 5.56 Å². The second kappa shape index (κ2) is 10.1. The van der Waals surface area contributed by atoms with Crippen LogP contribution in [-0.4, -0.2) is 12.9 Å². The van der Waals surface area contributed by atoms with E-state index in [2.05, 4.69) is 12.1 Å². The number of hydrogen-bond donors (Lipinski definition) is 0. The molecule has 0 unspecified atom stereocenters. The first kappa shape index (κ1) is 16.3. The first-order valence-electron chi connectivity index (χ1n) is 7.37. The molecule has 1 rings (SSSR count). The zero-order valence-corrected chi connectivity index (χ0v) is 12.1. The number of nitrogens with zero attached hydrogens (tertiary/aromatic N) is 1. The third-order valence-electron chi connectivity index (χ3n) is 3.22. The quantitative estimate of drug-likeness (QED) is 0.324. The maximum Gasteiger partial charge on any atom is 0.150 e. The van der Waals surface area contributed by atoms with Gasteiger partial charge < -0.3 is 4.74 Å². The summed E-state index contributed by atoms with van der Waals surface area (Å²) in [5.41, 5.74) is 0.625. The van der Waals surface area contributed by atoms with Crippen LogP contribution < -0.4 is 4.74 Å². The van der Waals surface area contributed by atoms with Crippen molar-refractivity contribution in [1.82, 2.24) is 0 Å². The van der Waals surface area contributed by atoms with Crippen LogP contribution in [0.5, 0.6) is 5.75 Å². The van der Waals surface area contributed by atoms with Crippen LogP contribution in [0, 0.1) is 4.91 Å². The summed E-state index contributed by atoms with van der Waals surface area (Å²) in [6, 6.07) is 4.70. The van der Waals surface area contributed by atoms with Gasteiger partial charge in [0.15, 0.2) is 5.69 Å². The molecule has 110 valence electrons. The molecule has 0 aliphatic heterocycles. The fourth-order valence-electron chi connectivity index (χ4n) is 2.04. The fraction of sp³-hybridized carbons (Fsp3) is 0.562. The Morgan fingerprint density at radius 2 is 1.80 bits per heavy atom. The van der Waals surface area contributed by atoms with Crippen LogP contribution in [0.3, 0.4) is 0 Å². The molecule has 1 aromatic rings. The lowest BCUT2D eigenvalue weighted by Gasteiger charge is -2.07. The lowest BCUT2D eigenvalue weighted by Crippen LogP contribution is -1.98. The number of benzene rings is 1. The lowest BCUT2D eigenvalue weighted by molar-refractivity contribution is 0.112. The second-order valence-electron chi connectivity index (χ2n) is 4.91. The van der Waals surface area contributed by atoms with E-state index < -0.39 is 0 Å². The Labute approximate surface area is 120 Å². The second-order valence-corrected chi connectivity index (χ2v) is 4.91. The van der Waals surface area contributed by atoms with E-state index in [1.54, 1.807) is 12.1 Å². The molecule has 0 aliphatic carbocycles. The first-order chi connectivity index (χ1) is 9.81. The molecule has 4 heteroatoms. The third kappa shape index (κ3) is 5.95. The zero-order valence-electron chi connectivity index (χ0n) is 12.1. The van der Waals surface area contributed by atoms with E-state index in [1.807, 2.05) is 0 Å². The largest absolute Gasteiger partial charge is 0.491 e. The Hall–Kier alpha value is -1.71. The molecule has 0 saturated carbocycles. The van der Waals surface area contributed by atoms with E-state index in [4.69, 9.17) is 4.74 Å². The van der Waals surface area contributed by atoms with E-state index in [0.29, 0.717) is 24.2 Å². The molecule has 0 aromatic heterocycles. The van der Waals surface area contributed by atoms with E-state index in [-0.39, 0.29) is 5.69 Å². The van der Waals surface area contributed by atoms with Crippen LogP contribution >= 0.6 is 0 Å². The molecule has 0 fully saturated rings. The van der Waals surface area contributed by atoms with Gasteiger partial charge in [0.05, 0.1) is 6.61 Å². The molecule has 20 heavy (non-hydrogen) atoms. The molecule has 4 nitrogen and oxygen atoms in total. The number of hydrogen-bond acceptors (Lipinski definition) is 4. The summed E-state index contributed by atoms with van der Waals surface area (Å²) in [4.78, 5) is 21.3. The van der Waals surface area contributed by atoms with E-state index in [0.717, 1.165) is 12.8 Å². The highest BCUT2D eigenvalue weighted by atomic mass is 16.5. The maximum atomic E-state index is 10.7. The number of aldehydes is 1. The molecule has 0 atom stereocenters. The first-order valence-corrected chi connectivity index (χ1v) is 7.37. The third-order valence-corrected chi connectivity index (χ3v) is 3.22. The molecule has 1 aromatic carbocycles. The number of rotatable bonds is 11. The molecular formula is C16H23NO3. The average molecular weight is 277 g/mol. The Bertz CT molecular complexity index is 418. The Morgan fingerprint density at radius 1 is 1.10 bits per heavy atom. The lowest BCUT2D eigenvalue weighted by atomic mass is 10.1. The summed E-state index contributed by atoms with van der Waals surface area (Å²) in [6.45, 7) is 2.79. The number of nitroso groups, excluding NO2 is 1. The number of unbranched alkanes of at least 4 members (excludes halogenated alkanes) is 6. The van der Waals surface area contributed by atoms with Crippen molar-refractivity contribution in [2.24, 2.45) is 5.18 Å². The monoisotopic (exact) mass is 277 g/mol. The van der Waals surface area contributed by atoms with Crippen molar-refractivity contribution in [2.45, 2.75) is 51.9 Å². The molecule has 0 radical (unpaired) electrons. The Balaban J connectivity index is 2.24. The predicted octanol–water partition coefficient (Wildman–Crippen LogP) is 5.03. The topological polar surface area (TPSA) is 55.7 Å². The van der Waals surface area contributed by atoms with Crippen LogP contribution in [0.1, 0.15) is 62.2 Å². The summed E-state index contributed by atoms with van der Waals surface area (Å²) in [5, 5.41) is 2.89. The molecular weight excluding hydrogens is 254 g/mol. The van der Waals surface area contributed by atoms with Crippen molar-refractivity contribution in [3.8, 4) is 5.75 Å².